The smallest absolute Gasteiger partial charge is 0.120 e. The van der Waals surface area contributed by atoms with Crippen molar-refractivity contribution < 1.29 is 9.84 Å². The number of phenolic OH excluding ortho intramolecular Hbond substituents is 1. The lowest BCUT2D eigenvalue weighted by molar-refractivity contribution is 0.306. The van der Waals surface area contributed by atoms with Gasteiger partial charge in [-0.05, 0) is 52.7 Å². The van der Waals surface area contributed by atoms with E-state index in [4.69, 9.17) is 4.74 Å². The number of hydrogen-bond acceptors (Lipinski definition) is 2. The molecule has 3 heteroatoms. The van der Waals surface area contributed by atoms with Crippen molar-refractivity contribution in [3.8, 4) is 11.5 Å². The number of halogens is 1. The zero-order chi connectivity index (χ0) is 13.9. The first-order valence-corrected chi connectivity index (χ1v) is 7.10. The molecule has 0 saturated heterocycles. The first kappa shape index (κ1) is 13.0. The summed E-state index contributed by atoms with van der Waals surface area (Å²) in [6, 6.07) is 19.2. The van der Waals surface area contributed by atoms with Gasteiger partial charge in [0.15, 0.2) is 0 Å². The van der Waals surface area contributed by atoms with Crippen molar-refractivity contribution in [3.63, 3.8) is 0 Å². The van der Waals surface area contributed by atoms with E-state index in [0.717, 1.165) is 26.6 Å². The van der Waals surface area contributed by atoms with Crippen molar-refractivity contribution in [2.45, 2.75) is 6.61 Å². The molecule has 0 radical (unpaired) electrons. The fourth-order valence-electron chi connectivity index (χ4n) is 2.05. The molecule has 0 amide bonds. The summed E-state index contributed by atoms with van der Waals surface area (Å²) in [4.78, 5) is 0. The highest BCUT2D eigenvalue weighted by atomic mass is 79.9. The van der Waals surface area contributed by atoms with Crippen molar-refractivity contribution >= 4 is 26.7 Å². The molecule has 20 heavy (non-hydrogen) atoms. The van der Waals surface area contributed by atoms with Crippen LogP contribution in [0.1, 0.15) is 5.56 Å². The topological polar surface area (TPSA) is 29.5 Å². The Kier molecular flexibility index (Phi) is 3.61. The van der Waals surface area contributed by atoms with Crippen LogP contribution in [0.4, 0.5) is 0 Å². The van der Waals surface area contributed by atoms with E-state index < -0.39 is 0 Å². The number of benzene rings is 3. The van der Waals surface area contributed by atoms with Gasteiger partial charge in [0.25, 0.3) is 0 Å². The van der Waals surface area contributed by atoms with E-state index in [1.165, 1.54) is 0 Å². The Morgan fingerprint density at radius 1 is 0.850 bits per heavy atom. The fraction of sp³-hybridized carbons (Fsp3) is 0.0588. The van der Waals surface area contributed by atoms with E-state index in [-0.39, 0.29) is 5.75 Å². The predicted molar refractivity (Wildman–Crippen MR) is 84.1 cm³/mol. The van der Waals surface area contributed by atoms with Crippen LogP contribution in [0.25, 0.3) is 10.8 Å². The van der Waals surface area contributed by atoms with Crippen LogP contribution in [0.2, 0.25) is 0 Å². The van der Waals surface area contributed by atoms with Gasteiger partial charge in [0, 0.05) is 4.47 Å². The molecule has 3 aromatic carbocycles. The second-order valence-corrected chi connectivity index (χ2v) is 5.52. The second-order valence-electron chi connectivity index (χ2n) is 4.61. The average molecular weight is 329 g/mol. The largest absolute Gasteiger partial charge is 0.508 e. The summed E-state index contributed by atoms with van der Waals surface area (Å²) in [5.74, 6) is 1.06. The maximum Gasteiger partial charge on any atom is 0.120 e. The van der Waals surface area contributed by atoms with Crippen molar-refractivity contribution in [3.05, 3.63) is 70.7 Å². The van der Waals surface area contributed by atoms with Gasteiger partial charge in [0.1, 0.15) is 18.1 Å². The minimum atomic E-state index is 0.266. The highest BCUT2D eigenvalue weighted by Crippen LogP contribution is 2.25. The number of aromatic hydroxyl groups is 1. The Bertz CT molecular complexity index is 736. The summed E-state index contributed by atoms with van der Waals surface area (Å²) in [5.41, 5.74) is 1.12. The Morgan fingerprint density at radius 3 is 2.40 bits per heavy atom. The molecule has 0 aromatic heterocycles. The van der Waals surface area contributed by atoms with Crippen LogP contribution in [0.5, 0.6) is 11.5 Å². The van der Waals surface area contributed by atoms with Crippen LogP contribution in [-0.2, 0) is 6.61 Å². The quantitative estimate of drug-likeness (QED) is 0.741. The summed E-state index contributed by atoms with van der Waals surface area (Å²) < 4.78 is 6.84. The second kappa shape index (κ2) is 5.55. The Morgan fingerprint density at radius 2 is 1.60 bits per heavy atom. The molecule has 0 aliphatic heterocycles. The molecule has 1 N–H and O–H groups in total. The van der Waals surface area contributed by atoms with Crippen molar-refractivity contribution in [1.82, 2.24) is 0 Å². The zero-order valence-corrected chi connectivity index (χ0v) is 12.3. The highest BCUT2D eigenvalue weighted by molar-refractivity contribution is 9.10. The third-order valence-electron chi connectivity index (χ3n) is 3.11. The minimum absolute atomic E-state index is 0.266. The molecule has 2 nitrogen and oxygen atoms in total. The van der Waals surface area contributed by atoms with Crippen molar-refractivity contribution in [2.24, 2.45) is 0 Å². The molecule has 0 fully saturated rings. The highest BCUT2D eigenvalue weighted by Gasteiger charge is 2.00. The molecular formula is C17H13BrO2. The lowest BCUT2D eigenvalue weighted by atomic mass is 10.1. The molecule has 0 bridgehead atoms. The Balaban J connectivity index is 1.78. The zero-order valence-electron chi connectivity index (χ0n) is 10.7. The van der Waals surface area contributed by atoms with Crippen molar-refractivity contribution in [1.29, 1.82) is 0 Å². The summed E-state index contributed by atoms with van der Waals surface area (Å²) >= 11 is 3.41. The molecule has 3 aromatic rings. The van der Waals surface area contributed by atoms with Crippen molar-refractivity contribution in [2.75, 3.05) is 0 Å². The molecule has 0 heterocycles. The van der Waals surface area contributed by atoms with Crippen LogP contribution < -0.4 is 4.74 Å². The van der Waals surface area contributed by atoms with E-state index in [0.29, 0.717) is 6.61 Å². The van der Waals surface area contributed by atoms with Gasteiger partial charge in [-0.3, -0.25) is 0 Å². The summed E-state index contributed by atoms with van der Waals surface area (Å²) in [6.45, 7) is 0.525. The normalized spacial score (nSPS) is 10.7. The lowest BCUT2D eigenvalue weighted by Gasteiger charge is -2.08. The van der Waals surface area contributed by atoms with Crippen LogP contribution in [-0.4, -0.2) is 5.11 Å². The van der Waals surface area contributed by atoms with Gasteiger partial charge in [0.2, 0.25) is 0 Å². The van der Waals surface area contributed by atoms with Gasteiger partial charge in [-0.2, -0.15) is 0 Å². The van der Waals surface area contributed by atoms with E-state index in [1.807, 2.05) is 48.5 Å². The number of phenols is 1. The van der Waals surface area contributed by atoms with Crippen LogP contribution in [0.3, 0.4) is 0 Å². The monoisotopic (exact) mass is 328 g/mol. The first-order chi connectivity index (χ1) is 9.70. The fourth-order valence-corrected chi connectivity index (χ4v) is 2.31. The van der Waals surface area contributed by atoms with E-state index >= 15 is 0 Å². The molecule has 0 unspecified atom stereocenters. The molecular weight excluding hydrogens is 316 g/mol. The third-order valence-corrected chi connectivity index (χ3v) is 3.64. The molecule has 0 atom stereocenters. The lowest BCUT2D eigenvalue weighted by Crippen LogP contribution is -1.94. The maximum absolute atomic E-state index is 9.51. The van der Waals surface area contributed by atoms with Gasteiger partial charge in [-0.15, -0.1) is 0 Å². The third kappa shape index (κ3) is 2.94. The van der Waals surface area contributed by atoms with Gasteiger partial charge in [0.05, 0.1) is 0 Å². The SMILES string of the molecule is Oc1ccc2ccc(OCc3ccc(Br)cc3)cc2c1. The van der Waals surface area contributed by atoms with E-state index in [2.05, 4.69) is 15.9 Å². The molecule has 0 aliphatic carbocycles. The Labute approximate surface area is 125 Å². The van der Waals surface area contributed by atoms with Crippen LogP contribution >= 0.6 is 15.9 Å². The molecule has 100 valence electrons. The van der Waals surface area contributed by atoms with E-state index in [1.54, 1.807) is 12.1 Å². The molecule has 0 aliphatic rings. The first-order valence-electron chi connectivity index (χ1n) is 6.31. The molecule has 0 spiro atoms. The van der Waals surface area contributed by atoms with Crippen LogP contribution in [0, 0.1) is 0 Å². The Hall–Kier alpha value is -2.00. The van der Waals surface area contributed by atoms with Gasteiger partial charge >= 0.3 is 0 Å². The van der Waals surface area contributed by atoms with Crippen LogP contribution in [0.15, 0.2) is 65.1 Å². The number of hydrogen-bond donors (Lipinski definition) is 1. The minimum Gasteiger partial charge on any atom is -0.508 e. The number of fused-ring (bicyclic) bond motifs is 1. The molecule has 0 saturated carbocycles. The van der Waals surface area contributed by atoms with Gasteiger partial charge in [-0.1, -0.05) is 40.2 Å². The molecule has 3 rings (SSSR count). The summed E-state index contributed by atoms with van der Waals surface area (Å²) in [5, 5.41) is 11.6. The number of ether oxygens (including phenoxy) is 1. The average Bonchev–Trinajstić information content (AvgIpc) is 2.46. The standard InChI is InChI=1S/C17H13BrO2/c18-15-5-1-12(2-6-15)11-20-17-8-4-13-3-7-16(19)9-14(13)10-17/h1-10,19H,11H2. The van der Waals surface area contributed by atoms with E-state index in [9.17, 15) is 5.11 Å². The summed E-state index contributed by atoms with van der Waals surface area (Å²) in [6.07, 6.45) is 0. The summed E-state index contributed by atoms with van der Waals surface area (Å²) in [7, 11) is 0. The predicted octanol–water partition coefficient (Wildman–Crippen LogP) is 4.89. The van der Waals surface area contributed by atoms with Gasteiger partial charge in [-0.25, -0.2) is 0 Å². The maximum atomic E-state index is 9.51. The number of rotatable bonds is 3. The van der Waals surface area contributed by atoms with Gasteiger partial charge < -0.3 is 9.84 Å².